The van der Waals surface area contributed by atoms with Gasteiger partial charge in [-0.1, -0.05) is 48.0 Å². The topological polar surface area (TPSA) is 3.24 Å². The van der Waals surface area contributed by atoms with E-state index in [-0.39, 0.29) is 0 Å². The molecule has 0 amide bonds. The summed E-state index contributed by atoms with van der Waals surface area (Å²) in [6, 6.07) is 15.7. The molecule has 2 aromatic carbocycles. The summed E-state index contributed by atoms with van der Waals surface area (Å²) in [6.45, 7) is 6.57. The van der Waals surface area contributed by atoms with Gasteiger partial charge in [0.15, 0.2) is 0 Å². The van der Waals surface area contributed by atoms with Crippen molar-refractivity contribution in [2.45, 2.75) is 26.3 Å². The molecule has 98 valence electrons. The third kappa shape index (κ3) is 2.31. The SMILES string of the molecule is Cc1ccc([C@H]2CN(C)Cc3cccc(C)c32)cc1. The monoisotopic (exact) mass is 251 g/mol. The van der Waals surface area contributed by atoms with Crippen LogP contribution in [-0.2, 0) is 6.54 Å². The molecule has 0 aromatic heterocycles. The quantitative estimate of drug-likeness (QED) is 0.743. The van der Waals surface area contributed by atoms with Gasteiger partial charge in [-0.2, -0.15) is 0 Å². The lowest BCUT2D eigenvalue weighted by molar-refractivity contribution is 0.294. The molecule has 2 aromatic rings. The number of fused-ring (bicyclic) bond motifs is 1. The fourth-order valence-electron chi connectivity index (χ4n) is 3.21. The van der Waals surface area contributed by atoms with Gasteiger partial charge >= 0.3 is 0 Å². The summed E-state index contributed by atoms with van der Waals surface area (Å²) in [6.07, 6.45) is 0. The Balaban J connectivity index is 2.10. The van der Waals surface area contributed by atoms with Gasteiger partial charge in [0.1, 0.15) is 0 Å². The first kappa shape index (κ1) is 12.4. The minimum absolute atomic E-state index is 0.510. The summed E-state index contributed by atoms with van der Waals surface area (Å²) < 4.78 is 0. The van der Waals surface area contributed by atoms with Gasteiger partial charge in [0.25, 0.3) is 0 Å². The summed E-state index contributed by atoms with van der Waals surface area (Å²) in [5, 5.41) is 0. The number of nitrogens with zero attached hydrogens (tertiary/aromatic N) is 1. The lowest BCUT2D eigenvalue weighted by Gasteiger charge is -2.34. The van der Waals surface area contributed by atoms with Crippen LogP contribution in [0.5, 0.6) is 0 Å². The fourth-order valence-corrected chi connectivity index (χ4v) is 3.21. The molecule has 0 radical (unpaired) electrons. The minimum Gasteiger partial charge on any atom is -0.301 e. The summed E-state index contributed by atoms with van der Waals surface area (Å²) in [5.41, 5.74) is 7.23. The van der Waals surface area contributed by atoms with Crippen LogP contribution in [0.2, 0.25) is 0 Å². The second-order valence-electron chi connectivity index (χ2n) is 5.81. The Labute approximate surface area is 115 Å². The van der Waals surface area contributed by atoms with Crippen LogP contribution < -0.4 is 0 Å². The molecule has 0 saturated heterocycles. The van der Waals surface area contributed by atoms with Crippen LogP contribution in [0.25, 0.3) is 0 Å². The number of hydrogen-bond acceptors (Lipinski definition) is 1. The highest BCUT2D eigenvalue weighted by atomic mass is 15.1. The standard InChI is InChI=1S/C18H21N/c1-13-7-9-15(10-8-13)17-12-19(3)11-16-6-4-5-14(2)18(16)17/h4-10,17H,11-12H2,1-3H3/t17-/m1/s1. The molecule has 0 unspecified atom stereocenters. The van der Waals surface area contributed by atoms with Crippen molar-refractivity contribution in [2.75, 3.05) is 13.6 Å². The predicted molar refractivity (Wildman–Crippen MR) is 80.5 cm³/mol. The van der Waals surface area contributed by atoms with Gasteiger partial charge in [-0.15, -0.1) is 0 Å². The van der Waals surface area contributed by atoms with Crippen LogP contribution in [0.3, 0.4) is 0 Å². The highest BCUT2D eigenvalue weighted by Crippen LogP contribution is 2.35. The molecule has 1 aliphatic rings. The smallest absolute Gasteiger partial charge is 0.0234 e. The molecular weight excluding hydrogens is 230 g/mol. The molecule has 0 aliphatic carbocycles. The summed E-state index contributed by atoms with van der Waals surface area (Å²) in [7, 11) is 2.21. The first-order valence-electron chi connectivity index (χ1n) is 6.98. The molecule has 0 saturated carbocycles. The van der Waals surface area contributed by atoms with E-state index in [0.717, 1.165) is 13.1 Å². The predicted octanol–water partition coefficient (Wildman–Crippen LogP) is 3.88. The maximum atomic E-state index is 2.42. The van der Waals surface area contributed by atoms with Crippen LogP contribution >= 0.6 is 0 Å². The first-order chi connectivity index (χ1) is 9.15. The summed E-state index contributed by atoms with van der Waals surface area (Å²) in [5.74, 6) is 0.510. The number of hydrogen-bond donors (Lipinski definition) is 0. The van der Waals surface area contributed by atoms with Crippen molar-refractivity contribution in [1.82, 2.24) is 4.90 Å². The van der Waals surface area contributed by atoms with Crippen LogP contribution in [-0.4, -0.2) is 18.5 Å². The zero-order valence-electron chi connectivity index (χ0n) is 12.0. The summed E-state index contributed by atoms with van der Waals surface area (Å²) >= 11 is 0. The maximum Gasteiger partial charge on any atom is 0.0234 e. The lowest BCUT2D eigenvalue weighted by Crippen LogP contribution is -2.31. The minimum atomic E-state index is 0.510. The van der Waals surface area contributed by atoms with Crippen LogP contribution in [0.1, 0.15) is 33.7 Å². The Kier molecular flexibility index (Phi) is 3.16. The van der Waals surface area contributed by atoms with E-state index in [1.807, 2.05) is 0 Å². The van der Waals surface area contributed by atoms with Crippen molar-refractivity contribution in [3.63, 3.8) is 0 Å². The third-order valence-corrected chi connectivity index (χ3v) is 4.18. The normalized spacial score (nSPS) is 19.2. The molecule has 19 heavy (non-hydrogen) atoms. The van der Waals surface area contributed by atoms with Crippen molar-refractivity contribution in [3.8, 4) is 0 Å². The first-order valence-corrected chi connectivity index (χ1v) is 6.98. The van der Waals surface area contributed by atoms with Gasteiger partial charge in [-0.05, 0) is 43.1 Å². The molecule has 0 fully saturated rings. The highest BCUT2D eigenvalue weighted by Gasteiger charge is 2.25. The Morgan fingerprint density at radius 1 is 1.00 bits per heavy atom. The molecule has 1 heteroatoms. The number of aryl methyl sites for hydroxylation is 2. The van der Waals surface area contributed by atoms with Gasteiger partial charge in [0.05, 0.1) is 0 Å². The van der Waals surface area contributed by atoms with Gasteiger partial charge in [0, 0.05) is 19.0 Å². The maximum absolute atomic E-state index is 2.42. The van der Waals surface area contributed by atoms with Crippen molar-refractivity contribution < 1.29 is 0 Å². The Morgan fingerprint density at radius 2 is 1.74 bits per heavy atom. The van der Waals surface area contributed by atoms with Crippen molar-refractivity contribution in [3.05, 3.63) is 70.3 Å². The van der Waals surface area contributed by atoms with Crippen LogP contribution in [0, 0.1) is 13.8 Å². The second kappa shape index (κ2) is 4.82. The number of benzene rings is 2. The molecular formula is C18H21N. The number of likely N-dealkylation sites (N-methyl/N-ethyl adjacent to an activating group) is 1. The highest BCUT2D eigenvalue weighted by molar-refractivity contribution is 5.45. The van der Waals surface area contributed by atoms with Gasteiger partial charge in [-0.25, -0.2) is 0 Å². The Hall–Kier alpha value is -1.60. The fraction of sp³-hybridized carbons (Fsp3) is 0.333. The molecule has 1 atom stereocenters. The zero-order valence-corrected chi connectivity index (χ0v) is 12.0. The van der Waals surface area contributed by atoms with Gasteiger partial charge in [-0.3, -0.25) is 0 Å². The Morgan fingerprint density at radius 3 is 2.47 bits per heavy atom. The van der Waals surface area contributed by atoms with E-state index in [1.54, 1.807) is 5.56 Å². The average Bonchev–Trinajstić information content (AvgIpc) is 2.38. The van der Waals surface area contributed by atoms with Crippen LogP contribution in [0.15, 0.2) is 42.5 Å². The van der Waals surface area contributed by atoms with Crippen molar-refractivity contribution >= 4 is 0 Å². The number of rotatable bonds is 1. The van der Waals surface area contributed by atoms with E-state index in [9.17, 15) is 0 Å². The molecule has 3 rings (SSSR count). The third-order valence-electron chi connectivity index (χ3n) is 4.18. The molecule has 1 nitrogen and oxygen atoms in total. The van der Waals surface area contributed by atoms with Crippen molar-refractivity contribution in [2.24, 2.45) is 0 Å². The van der Waals surface area contributed by atoms with E-state index in [1.165, 1.54) is 22.3 Å². The molecule has 0 N–H and O–H groups in total. The van der Waals surface area contributed by atoms with Gasteiger partial charge < -0.3 is 4.90 Å². The van der Waals surface area contributed by atoms with E-state index in [0.29, 0.717) is 5.92 Å². The molecule has 0 bridgehead atoms. The Bertz CT molecular complexity index is 583. The van der Waals surface area contributed by atoms with E-state index >= 15 is 0 Å². The average molecular weight is 251 g/mol. The zero-order chi connectivity index (χ0) is 13.4. The van der Waals surface area contributed by atoms with E-state index in [2.05, 4.69) is 68.3 Å². The molecule has 1 heterocycles. The van der Waals surface area contributed by atoms with Gasteiger partial charge in [0.2, 0.25) is 0 Å². The second-order valence-corrected chi connectivity index (χ2v) is 5.81. The molecule has 0 spiro atoms. The van der Waals surface area contributed by atoms with Crippen LogP contribution in [0.4, 0.5) is 0 Å². The molecule has 1 aliphatic heterocycles. The van der Waals surface area contributed by atoms with E-state index < -0.39 is 0 Å². The van der Waals surface area contributed by atoms with E-state index in [4.69, 9.17) is 0 Å². The van der Waals surface area contributed by atoms with Crippen molar-refractivity contribution in [1.29, 1.82) is 0 Å². The lowest BCUT2D eigenvalue weighted by atomic mass is 9.82. The largest absolute Gasteiger partial charge is 0.301 e. The summed E-state index contributed by atoms with van der Waals surface area (Å²) in [4.78, 5) is 2.42.